The molecule has 0 saturated carbocycles. The van der Waals surface area contributed by atoms with E-state index in [0.717, 1.165) is 19.2 Å². The van der Waals surface area contributed by atoms with Gasteiger partial charge in [0.2, 0.25) is 0 Å². The standard InChI is InChI=1S/C13H11ClF2N2O2S/c1-18(13-5-2-8(15)6-11(13)16)21(19,20)9-3-4-10(14)12(17)7-9/h2-7H,17H2,1H3. The summed E-state index contributed by atoms with van der Waals surface area (Å²) in [6.45, 7) is 0. The molecule has 0 spiro atoms. The lowest BCUT2D eigenvalue weighted by atomic mass is 10.3. The van der Waals surface area contributed by atoms with Crippen LogP contribution in [0.15, 0.2) is 41.3 Å². The summed E-state index contributed by atoms with van der Waals surface area (Å²) in [6.07, 6.45) is 0. The molecule has 2 rings (SSSR count). The molecule has 0 saturated heterocycles. The number of nitrogens with two attached hydrogens (primary N) is 1. The first-order valence-electron chi connectivity index (χ1n) is 5.72. The zero-order valence-electron chi connectivity index (χ0n) is 10.8. The van der Waals surface area contributed by atoms with Gasteiger partial charge in [0.05, 0.1) is 21.3 Å². The summed E-state index contributed by atoms with van der Waals surface area (Å²) in [5.74, 6) is -1.78. The third-order valence-electron chi connectivity index (χ3n) is 2.87. The zero-order chi connectivity index (χ0) is 15.8. The molecule has 112 valence electrons. The van der Waals surface area contributed by atoms with Crippen molar-refractivity contribution < 1.29 is 17.2 Å². The van der Waals surface area contributed by atoms with Gasteiger partial charge in [-0.05, 0) is 30.3 Å². The first kappa shape index (κ1) is 15.5. The summed E-state index contributed by atoms with van der Waals surface area (Å²) in [5.41, 5.74) is 5.38. The van der Waals surface area contributed by atoms with Crippen molar-refractivity contribution in [3.05, 3.63) is 53.1 Å². The van der Waals surface area contributed by atoms with Crippen LogP contribution >= 0.6 is 11.6 Å². The molecule has 0 unspecified atom stereocenters. The summed E-state index contributed by atoms with van der Waals surface area (Å²) in [4.78, 5) is -0.143. The second kappa shape index (κ2) is 5.50. The Balaban J connectivity index is 2.49. The van der Waals surface area contributed by atoms with Gasteiger partial charge in [0.15, 0.2) is 0 Å². The third-order valence-corrected chi connectivity index (χ3v) is 4.99. The normalized spacial score (nSPS) is 11.4. The number of rotatable bonds is 3. The van der Waals surface area contributed by atoms with Crippen LogP contribution in [0.2, 0.25) is 5.02 Å². The first-order chi connectivity index (χ1) is 9.73. The number of anilines is 2. The highest BCUT2D eigenvalue weighted by molar-refractivity contribution is 7.92. The van der Waals surface area contributed by atoms with E-state index in [1.165, 1.54) is 18.2 Å². The second-order valence-electron chi connectivity index (χ2n) is 4.25. The minimum Gasteiger partial charge on any atom is -0.397 e. The smallest absolute Gasteiger partial charge is 0.264 e. The van der Waals surface area contributed by atoms with Crippen LogP contribution in [-0.4, -0.2) is 15.5 Å². The van der Waals surface area contributed by atoms with Crippen molar-refractivity contribution >= 4 is 33.0 Å². The molecule has 0 heterocycles. The Labute approximate surface area is 125 Å². The van der Waals surface area contributed by atoms with Crippen LogP contribution in [0.3, 0.4) is 0 Å². The average Bonchev–Trinajstić information content (AvgIpc) is 2.41. The van der Waals surface area contributed by atoms with Crippen molar-refractivity contribution in [1.82, 2.24) is 0 Å². The van der Waals surface area contributed by atoms with Crippen LogP contribution in [0.4, 0.5) is 20.2 Å². The lowest BCUT2D eigenvalue weighted by molar-refractivity contribution is 0.577. The molecule has 0 radical (unpaired) electrons. The average molecular weight is 333 g/mol. The molecule has 0 atom stereocenters. The summed E-state index contributed by atoms with van der Waals surface area (Å²) in [6, 6.07) is 6.39. The minimum absolute atomic E-state index is 0.0886. The van der Waals surface area contributed by atoms with Gasteiger partial charge in [0.1, 0.15) is 11.6 Å². The summed E-state index contributed by atoms with van der Waals surface area (Å²) < 4.78 is 52.1. The molecular weight excluding hydrogens is 322 g/mol. The quantitative estimate of drug-likeness (QED) is 0.879. The molecular formula is C13H11ClF2N2O2S. The van der Waals surface area contributed by atoms with Crippen LogP contribution in [0.5, 0.6) is 0 Å². The fourth-order valence-electron chi connectivity index (χ4n) is 1.71. The number of nitrogen functional groups attached to an aromatic ring is 1. The van der Waals surface area contributed by atoms with Crippen LogP contribution in [0, 0.1) is 11.6 Å². The fraction of sp³-hybridized carbons (Fsp3) is 0.0769. The predicted octanol–water partition coefficient (Wildman–Crippen LogP) is 3.03. The van der Waals surface area contributed by atoms with Crippen molar-refractivity contribution in [3.8, 4) is 0 Å². The molecule has 2 N–H and O–H groups in total. The number of halogens is 3. The number of nitrogens with zero attached hydrogens (tertiary/aromatic N) is 1. The molecule has 0 aliphatic carbocycles. The van der Waals surface area contributed by atoms with Crippen molar-refractivity contribution in [2.45, 2.75) is 4.90 Å². The van der Waals surface area contributed by atoms with Gasteiger partial charge in [0.25, 0.3) is 10.0 Å². The Kier molecular flexibility index (Phi) is 4.06. The highest BCUT2D eigenvalue weighted by atomic mass is 35.5. The number of hydrogen-bond acceptors (Lipinski definition) is 3. The predicted molar refractivity (Wildman–Crippen MR) is 77.8 cm³/mol. The van der Waals surface area contributed by atoms with Crippen LogP contribution in [0.1, 0.15) is 0 Å². The molecule has 0 aliphatic rings. The van der Waals surface area contributed by atoms with E-state index < -0.39 is 21.7 Å². The van der Waals surface area contributed by atoms with E-state index in [9.17, 15) is 17.2 Å². The van der Waals surface area contributed by atoms with E-state index in [-0.39, 0.29) is 21.3 Å². The molecule has 21 heavy (non-hydrogen) atoms. The van der Waals surface area contributed by atoms with Gasteiger partial charge in [-0.2, -0.15) is 0 Å². The molecule has 0 fully saturated rings. The topological polar surface area (TPSA) is 63.4 Å². The molecule has 0 aliphatic heterocycles. The molecule has 2 aromatic rings. The summed E-state index contributed by atoms with van der Waals surface area (Å²) in [7, 11) is -2.87. The summed E-state index contributed by atoms with van der Waals surface area (Å²) >= 11 is 5.73. The van der Waals surface area contributed by atoms with E-state index in [0.29, 0.717) is 10.4 Å². The SMILES string of the molecule is CN(c1ccc(F)cc1F)S(=O)(=O)c1ccc(Cl)c(N)c1. The Morgan fingerprint density at radius 3 is 2.38 bits per heavy atom. The fourth-order valence-corrected chi connectivity index (χ4v) is 3.06. The zero-order valence-corrected chi connectivity index (χ0v) is 12.4. The van der Waals surface area contributed by atoms with Crippen molar-refractivity contribution in [2.24, 2.45) is 0 Å². The summed E-state index contributed by atoms with van der Waals surface area (Å²) in [5, 5.41) is 0.213. The van der Waals surface area contributed by atoms with E-state index in [1.54, 1.807) is 0 Å². The van der Waals surface area contributed by atoms with Crippen molar-refractivity contribution in [1.29, 1.82) is 0 Å². The molecule has 0 aromatic heterocycles. The lowest BCUT2D eigenvalue weighted by Crippen LogP contribution is -2.27. The van der Waals surface area contributed by atoms with Crippen LogP contribution in [0.25, 0.3) is 0 Å². The number of benzene rings is 2. The van der Waals surface area contributed by atoms with Gasteiger partial charge in [-0.1, -0.05) is 11.6 Å². The monoisotopic (exact) mass is 332 g/mol. The molecule has 4 nitrogen and oxygen atoms in total. The minimum atomic E-state index is -4.03. The van der Waals surface area contributed by atoms with Crippen molar-refractivity contribution in [2.75, 3.05) is 17.1 Å². The Morgan fingerprint density at radius 1 is 1.14 bits per heavy atom. The van der Waals surface area contributed by atoms with E-state index in [4.69, 9.17) is 17.3 Å². The van der Waals surface area contributed by atoms with Crippen LogP contribution < -0.4 is 10.0 Å². The van der Waals surface area contributed by atoms with Gasteiger partial charge < -0.3 is 5.73 Å². The Morgan fingerprint density at radius 2 is 1.81 bits per heavy atom. The Hall–Kier alpha value is -1.86. The first-order valence-corrected chi connectivity index (χ1v) is 7.54. The molecule has 0 amide bonds. The molecule has 8 heteroatoms. The van der Waals surface area contributed by atoms with Crippen molar-refractivity contribution in [3.63, 3.8) is 0 Å². The maximum Gasteiger partial charge on any atom is 0.264 e. The maximum atomic E-state index is 13.7. The highest BCUT2D eigenvalue weighted by Gasteiger charge is 2.24. The number of hydrogen-bond donors (Lipinski definition) is 1. The van der Waals surface area contributed by atoms with Gasteiger partial charge in [-0.25, -0.2) is 17.2 Å². The largest absolute Gasteiger partial charge is 0.397 e. The van der Waals surface area contributed by atoms with E-state index >= 15 is 0 Å². The lowest BCUT2D eigenvalue weighted by Gasteiger charge is -2.20. The van der Waals surface area contributed by atoms with E-state index in [2.05, 4.69) is 0 Å². The van der Waals surface area contributed by atoms with Gasteiger partial charge in [-0.3, -0.25) is 4.31 Å². The molecule has 0 bridgehead atoms. The van der Waals surface area contributed by atoms with Gasteiger partial charge in [-0.15, -0.1) is 0 Å². The van der Waals surface area contributed by atoms with Gasteiger partial charge in [0, 0.05) is 13.1 Å². The third kappa shape index (κ3) is 2.93. The second-order valence-corrected chi connectivity index (χ2v) is 6.63. The maximum absolute atomic E-state index is 13.7. The van der Waals surface area contributed by atoms with E-state index in [1.807, 2.05) is 0 Å². The highest BCUT2D eigenvalue weighted by Crippen LogP contribution is 2.28. The number of sulfonamides is 1. The Bertz CT molecular complexity index is 797. The molecule has 2 aromatic carbocycles. The van der Waals surface area contributed by atoms with Crippen LogP contribution in [-0.2, 0) is 10.0 Å². The van der Waals surface area contributed by atoms with Gasteiger partial charge >= 0.3 is 0 Å².